The molecule has 8 aromatic carbocycles. The van der Waals surface area contributed by atoms with Gasteiger partial charge in [0.1, 0.15) is 16.7 Å². The van der Waals surface area contributed by atoms with Crippen LogP contribution in [0, 0.1) is 0 Å². The van der Waals surface area contributed by atoms with Crippen molar-refractivity contribution in [1.82, 2.24) is 4.98 Å². The largest absolute Gasteiger partial charge is 0.455 e. The Kier molecular flexibility index (Phi) is 6.78. The SMILES string of the molecule is c1ccc(N(c2ccccc2)c2ccc(-c3ccc(-c4cc5ccccc5c5oc6ccc(-c7nc8ccccc8o7)cc6c45)cc3)cc2)cc1. The second kappa shape index (κ2) is 11.9. The van der Waals surface area contributed by atoms with E-state index in [0.717, 1.165) is 88.7 Å². The van der Waals surface area contributed by atoms with E-state index >= 15 is 0 Å². The van der Waals surface area contributed by atoms with Crippen LogP contribution in [-0.4, -0.2) is 4.98 Å². The van der Waals surface area contributed by atoms with Crippen LogP contribution in [0.25, 0.3) is 77.5 Å². The molecule has 0 saturated heterocycles. The topological polar surface area (TPSA) is 42.4 Å². The molecule has 0 spiro atoms. The molecule has 10 rings (SSSR count). The van der Waals surface area contributed by atoms with Crippen molar-refractivity contribution in [3.8, 4) is 33.7 Å². The summed E-state index contributed by atoms with van der Waals surface area (Å²) in [7, 11) is 0. The van der Waals surface area contributed by atoms with Gasteiger partial charge < -0.3 is 13.7 Å². The number of anilines is 3. The molecule has 0 aliphatic carbocycles. The van der Waals surface area contributed by atoms with Crippen LogP contribution in [0.2, 0.25) is 0 Å². The number of nitrogens with zero attached hydrogens (tertiary/aromatic N) is 2. The molecule has 240 valence electrons. The van der Waals surface area contributed by atoms with Crippen molar-refractivity contribution in [2.24, 2.45) is 0 Å². The van der Waals surface area contributed by atoms with Crippen molar-refractivity contribution < 1.29 is 8.83 Å². The average molecular weight is 655 g/mol. The third-order valence-corrected chi connectivity index (χ3v) is 9.69. The first-order chi connectivity index (χ1) is 25.3. The molecule has 4 heteroatoms. The maximum absolute atomic E-state index is 6.61. The highest BCUT2D eigenvalue weighted by molar-refractivity contribution is 6.21. The van der Waals surface area contributed by atoms with Crippen LogP contribution in [-0.2, 0) is 0 Å². The summed E-state index contributed by atoms with van der Waals surface area (Å²) in [5.41, 5.74) is 12.2. The first-order valence-corrected chi connectivity index (χ1v) is 17.1. The molecule has 4 nitrogen and oxygen atoms in total. The van der Waals surface area contributed by atoms with Gasteiger partial charge in [-0.15, -0.1) is 0 Å². The van der Waals surface area contributed by atoms with Crippen LogP contribution in [0.4, 0.5) is 17.1 Å². The Morgan fingerprint density at radius 1 is 0.412 bits per heavy atom. The normalized spacial score (nSPS) is 11.5. The highest BCUT2D eigenvalue weighted by Crippen LogP contribution is 2.43. The van der Waals surface area contributed by atoms with Crippen LogP contribution >= 0.6 is 0 Å². The molecule has 0 atom stereocenters. The number of oxazole rings is 1. The molecule has 0 N–H and O–H groups in total. The molecule has 0 saturated carbocycles. The van der Waals surface area contributed by atoms with E-state index in [2.05, 4.69) is 150 Å². The van der Waals surface area contributed by atoms with Crippen molar-refractivity contribution in [2.45, 2.75) is 0 Å². The van der Waals surface area contributed by atoms with Crippen LogP contribution in [0.15, 0.2) is 191 Å². The number of fused-ring (bicyclic) bond motifs is 6. The standard InChI is InChI=1S/C47H30N2O2/c1-3-12-36(13-4-1)49(37-14-5-2-6-15-37)38-26-23-32(24-27-38)31-19-21-33(22-20-31)40-29-34-11-7-8-16-39(34)46-45(40)41-30-35(25-28-43(41)50-46)47-48-42-17-9-10-18-44(42)51-47/h1-30H. The van der Waals surface area contributed by atoms with Crippen LogP contribution < -0.4 is 4.90 Å². The summed E-state index contributed by atoms with van der Waals surface area (Å²) >= 11 is 0. The van der Waals surface area contributed by atoms with E-state index in [-0.39, 0.29) is 0 Å². The second-order valence-electron chi connectivity index (χ2n) is 12.8. The van der Waals surface area contributed by atoms with Gasteiger partial charge in [0, 0.05) is 38.8 Å². The lowest BCUT2D eigenvalue weighted by Gasteiger charge is -2.25. The molecule has 0 aliphatic heterocycles. The average Bonchev–Trinajstić information content (AvgIpc) is 3.81. The molecule has 0 bridgehead atoms. The Balaban J connectivity index is 1.05. The summed E-state index contributed by atoms with van der Waals surface area (Å²) in [5, 5.41) is 4.35. The molecular weight excluding hydrogens is 625 g/mol. The van der Waals surface area contributed by atoms with Gasteiger partial charge in [0.15, 0.2) is 5.58 Å². The van der Waals surface area contributed by atoms with Crippen molar-refractivity contribution in [3.63, 3.8) is 0 Å². The van der Waals surface area contributed by atoms with E-state index in [0.29, 0.717) is 5.89 Å². The van der Waals surface area contributed by atoms with Gasteiger partial charge in [0.05, 0.1) is 0 Å². The van der Waals surface area contributed by atoms with Gasteiger partial charge in [-0.2, -0.15) is 0 Å². The monoisotopic (exact) mass is 654 g/mol. The molecule has 0 aliphatic rings. The number of hydrogen-bond donors (Lipinski definition) is 0. The first kappa shape index (κ1) is 29.0. The fourth-order valence-corrected chi connectivity index (χ4v) is 7.21. The van der Waals surface area contributed by atoms with Gasteiger partial charge in [-0.3, -0.25) is 0 Å². The fourth-order valence-electron chi connectivity index (χ4n) is 7.21. The maximum atomic E-state index is 6.61. The van der Waals surface area contributed by atoms with E-state index < -0.39 is 0 Å². The number of hydrogen-bond acceptors (Lipinski definition) is 4. The molecule has 0 unspecified atom stereocenters. The van der Waals surface area contributed by atoms with Gasteiger partial charge in [-0.25, -0.2) is 4.98 Å². The van der Waals surface area contributed by atoms with Crippen molar-refractivity contribution in [2.75, 3.05) is 4.90 Å². The Hall–Kier alpha value is -6.91. The van der Waals surface area contributed by atoms with Crippen molar-refractivity contribution in [1.29, 1.82) is 0 Å². The minimum Gasteiger partial charge on any atom is -0.455 e. The van der Waals surface area contributed by atoms with Gasteiger partial charge in [-0.05, 0) is 100 Å². The van der Waals surface area contributed by atoms with Crippen molar-refractivity contribution >= 4 is 60.9 Å². The zero-order valence-electron chi connectivity index (χ0n) is 27.5. The lowest BCUT2D eigenvalue weighted by atomic mass is 9.93. The van der Waals surface area contributed by atoms with E-state index in [1.807, 2.05) is 36.4 Å². The summed E-state index contributed by atoms with van der Waals surface area (Å²) in [4.78, 5) is 7.05. The Morgan fingerprint density at radius 3 is 1.73 bits per heavy atom. The predicted molar refractivity (Wildman–Crippen MR) is 210 cm³/mol. The van der Waals surface area contributed by atoms with E-state index in [9.17, 15) is 0 Å². The van der Waals surface area contributed by atoms with E-state index in [1.165, 1.54) is 0 Å². The number of para-hydroxylation sites is 4. The molecule has 2 heterocycles. The Labute approximate surface area is 294 Å². The Morgan fingerprint density at radius 2 is 1.00 bits per heavy atom. The number of furan rings is 1. The zero-order chi connectivity index (χ0) is 33.7. The van der Waals surface area contributed by atoms with Crippen LogP contribution in [0.5, 0.6) is 0 Å². The number of benzene rings is 8. The summed E-state index contributed by atoms with van der Waals surface area (Å²) in [5.74, 6) is 0.598. The quantitative estimate of drug-likeness (QED) is 0.179. The molecule has 51 heavy (non-hydrogen) atoms. The summed E-state index contributed by atoms with van der Waals surface area (Å²) in [6.07, 6.45) is 0. The molecule has 0 radical (unpaired) electrons. The second-order valence-corrected chi connectivity index (χ2v) is 12.8. The first-order valence-electron chi connectivity index (χ1n) is 17.1. The van der Waals surface area contributed by atoms with Crippen LogP contribution in [0.1, 0.15) is 0 Å². The van der Waals surface area contributed by atoms with E-state index in [4.69, 9.17) is 13.8 Å². The maximum Gasteiger partial charge on any atom is 0.227 e. The molecule has 10 aromatic rings. The molecule has 0 amide bonds. The zero-order valence-corrected chi connectivity index (χ0v) is 27.5. The molecular formula is C47H30N2O2. The predicted octanol–water partition coefficient (Wildman–Crippen LogP) is 13.4. The van der Waals surface area contributed by atoms with Gasteiger partial charge in [-0.1, -0.05) is 109 Å². The smallest absolute Gasteiger partial charge is 0.227 e. The van der Waals surface area contributed by atoms with Gasteiger partial charge >= 0.3 is 0 Å². The summed E-state index contributed by atoms with van der Waals surface area (Å²) in [6, 6.07) is 63.4. The molecule has 2 aromatic heterocycles. The fraction of sp³-hybridized carbons (Fsp3) is 0. The highest BCUT2D eigenvalue weighted by Gasteiger charge is 2.19. The lowest BCUT2D eigenvalue weighted by Crippen LogP contribution is -2.09. The summed E-state index contributed by atoms with van der Waals surface area (Å²) < 4.78 is 12.8. The third-order valence-electron chi connectivity index (χ3n) is 9.69. The minimum absolute atomic E-state index is 0.598. The number of aromatic nitrogens is 1. The summed E-state index contributed by atoms with van der Waals surface area (Å²) in [6.45, 7) is 0. The van der Waals surface area contributed by atoms with Gasteiger partial charge in [0.2, 0.25) is 5.89 Å². The lowest BCUT2D eigenvalue weighted by molar-refractivity contribution is 0.620. The minimum atomic E-state index is 0.598. The molecule has 0 fully saturated rings. The van der Waals surface area contributed by atoms with Gasteiger partial charge in [0.25, 0.3) is 0 Å². The van der Waals surface area contributed by atoms with E-state index in [1.54, 1.807) is 0 Å². The van der Waals surface area contributed by atoms with Crippen LogP contribution in [0.3, 0.4) is 0 Å². The highest BCUT2D eigenvalue weighted by atomic mass is 16.3. The Bertz CT molecular complexity index is 2760. The van der Waals surface area contributed by atoms with Crippen molar-refractivity contribution in [3.05, 3.63) is 182 Å². The number of rotatable bonds is 6. The third kappa shape index (κ3) is 5.04.